The summed E-state index contributed by atoms with van der Waals surface area (Å²) in [5, 5.41) is 3.21. The molecular weight excluding hydrogens is 460 g/mol. The third kappa shape index (κ3) is 5.74. The average Bonchev–Trinajstić information content (AvgIpc) is 2.94. The molecule has 1 aromatic heterocycles. The number of hydrogen-bond acceptors (Lipinski definition) is 4. The van der Waals surface area contributed by atoms with Crippen molar-refractivity contribution in [2.24, 2.45) is 5.92 Å². The molecule has 2 aliphatic heterocycles. The molecule has 1 saturated carbocycles. The molecule has 3 aliphatic rings. The molecule has 1 aliphatic carbocycles. The summed E-state index contributed by atoms with van der Waals surface area (Å²) < 4.78 is 0. The number of benzene rings is 1. The van der Waals surface area contributed by atoms with Crippen molar-refractivity contribution in [3.63, 3.8) is 0 Å². The van der Waals surface area contributed by atoms with Crippen LogP contribution in [0.2, 0.25) is 0 Å². The standard InChI is InChI=1S/C31H42N4O2/c1-2-3-18-35-29(36)28(21-24-10-6-4-7-11-24)33-30(37)31(35)16-19-34(20-17-31)23-25-14-15-27(32-22-25)26-12-8-5-9-13-26/h5,8-9,12-15,22,24,28H,2-4,6-7,10-11,16-21,23H2,1H3,(H,33,37). The highest BCUT2D eigenvalue weighted by molar-refractivity contribution is 6.00. The van der Waals surface area contributed by atoms with Crippen LogP contribution in [0.3, 0.4) is 0 Å². The number of nitrogens with one attached hydrogen (secondary N) is 1. The first-order valence-electron chi connectivity index (χ1n) is 14.4. The van der Waals surface area contributed by atoms with E-state index in [1.807, 2.05) is 29.3 Å². The molecule has 1 atom stereocenters. The minimum absolute atomic E-state index is 0.0811. The van der Waals surface area contributed by atoms with Gasteiger partial charge in [-0.05, 0) is 43.2 Å². The highest BCUT2D eigenvalue weighted by Gasteiger charge is 2.53. The summed E-state index contributed by atoms with van der Waals surface area (Å²) in [6, 6.07) is 14.1. The van der Waals surface area contributed by atoms with Crippen LogP contribution in [0.5, 0.6) is 0 Å². The molecular formula is C31H42N4O2. The van der Waals surface area contributed by atoms with Crippen LogP contribution < -0.4 is 5.32 Å². The van der Waals surface area contributed by atoms with Crippen molar-refractivity contribution in [3.8, 4) is 11.3 Å². The van der Waals surface area contributed by atoms with Gasteiger partial charge >= 0.3 is 0 Å². The van der Waals surface area contributed by atoms with E-state index in [2.05, 4.69) is 46.4 Å². The molecule has 6 nitrogen and oxygen atoms in total. The molecule has 198 valence electrons. The van der Waals surface area contributed by atoms with E-state index in [1.54, 1.807) is 0 Å². The lowest BCUT2D eigenvalue weighted by Gasteiger charge is -2.52. The summed E-state index contributed by atoms with van der Waals surface area (Å²) in [5.41, 5.74) is 2.58. The van der Waals surface area contributed by atoms with E-state index < -0.39 is 5.54 Å². The first kappa shape index (κ1) is 25.9. The van der Waals surface area contributed by atoms with Crippen LogP contribution in [0.1, 0.15) is 76.7 Å². The largest absolute Gasteiger partial charge is 0.342 e. The Morgan fingerprint density at radius 2 is 1.76 bits per heavy atom. The minimum Gasteiger partial charge on any atom is -0.342 e. The number of aromatic nitrogens is 1. The predicted octanol–water partition coefficient (Wildman–Crippen LogP) is 5.18. The number of carbonyl (C=O) groups is 2. The Balaban J connectivity index is 1.23. The van der Waals surface area contributed by atoms with Gasteiger partial charge in [0.15, 0.2) is 0 Å². The molecule has 0 radical (unpaired) electrons. The maximum Gasteiger partial charge on any atom is 0.246 e. The van der Waals surface area contributed by atoms with Gasteiger partial charge in [-0.3, -0.25) is 19.5 Å². The van der Waals surface area contributed by atoms with Crippen molar-refractivity contribution < 1.29 is 9.59 Å². The van der Waals surface area contributed by atoms with Gasteiger partial charge in [0.05, 0.1) is 5.69 Å². The highest BCUT2D eigenvalue weighted by Crippen LogP contribution is 2.36. The number of pyridine rings is 1. The maximum atomic E-state index is 13.7. The summed E-state index contributed by atoms with van der Waals surface area (Å²) in [6.45, 7) is 5.26. The normalized spacial score (nSPS) is 22.8. The zero-order chi connectivity index (χ0) is 25.7. The molecule has 6 heteroatoms. The molecule has 1 unspecified atom stereocenters. The summed E-state index contributed by atoms with van der Waals surface area (Å²) in [5.74, 6) is 0.805. The van der Waals surface area contributed by atoms with Gasteiger partial charge < -0.3 is 10.2 Å². The van der Waals surface area contributed by atoms with Crippen LogP contribution in [0.25, 0.3) is 11.3 Å². The Bertz CT molecular complexity index is 1040. The van der Waals surface area contributed by atoms with E-state index in [9.17, 15) is 9.59 Å². The topological polar surface area (TPSA) is 65.5 Å². The second-order valence-electron chi connectivity index (χ2n) is 11.3. The van der Waals surface area contributed by atoms with Gasteiger partial charge in [0.25, 0.3) is 0 Å². The molecule has 1 spiro atoms. The van der Waals surface area contributed by atoms with Crippen LogP contribution in [0.4, 0.5) is 0 Å². The molecule has 1 aromatic carbocycles. The fourth-order valence-corrected chi connectivity index (χ4v) is 6.57. The number of nitrogens with zero attached hydrogens (tertiary/aromatic N) is 3. The van der Waals surface area contributed by atoms with Gasteiger partial charge in [0.2, 0.25) is 11.8 Å². The predicted molar refractivity (Wildman–Crippen MR) is 147 cm³/mol. The van der Waals surface area contributed by atoms with Crippen LogP contribution in [0, 0.1) is 5.92 Å². The third-order valence-corrected chi connectivity index (χ3v) is 8.82. The first-order chi connectivity index (χ1) is 18.1. The van der Waals surface area contributed by atoms with E-state index in [1.165, 1.54) is 37.7 Å². The Morgan fingerprint density at radius 1 is 1.00 bits per heavy atom. The first-order valence-corrected chi connectivity index (χ1v) is 14.4. The van der Waals surface area contributed by atoms with Crippen LogP contribution in [0.15, 0.2) is 48.7 Å². The quantitative estimate of drug-likeness (QED) is 0.540. The zero-order valence-corrected chi connectivity index (χ0v) is 22.3. The molecule has 5 rings (SSSR count). The number of hydrogen-bond donors (Lipinski definition) is 1. The summed E-state index contributed by atoms with van der Waals surface area (Å²) in [7, 11) is 0. The van der Waals surface area contributed by atoms with Crippen molar-refractivity contribution in [2.75, 3.05) is 19.6 Å². The third-order valence-electron chi connectivity index (χ3n) is 8.82. The Morgan fingerprint density at radius 3 is 2.43 bits per heavy atom. The number of piperidine rings is 1. The van der Waals surface area contributed by atoms with Gasteiger partial charge in [-0.15, -0.1) is 0 Å². The van der Waals surface area contributed by atoms with Crippen molar-refractivity contribution in [2.45, 2.75) is 89.3 Å². The molecule has 2 saturated heterocycles. The van der Waals surface area contributed by atoms with Crippen LogP contribution in [-0.4, -0.2) is 57.8 Å². The molecule has 3 fully saturated rings. The van der Waals surface area contributed by atoms with Crippen LogP contribution >= 0.6 is 0 Å². The molecule has 2 amide bonds. The number of piperazine rings is 1. The molecule has 3 heterocycles. The van der Waals surface area contributed by atoms with Crippen molar-refractivity contribution in [1.82, 2.24) is 20.1 Å². The van der Waals surface area contributed by atoms with Crippen molar-refractivity contribution in [1.29, 1.82) is 0 Å². The van der Waals surface area contributed by atoms with Gasteiger partial charge in [-0.25, -0.2) is 0 Å². The van der Waals surface area contributed by atoms with E-state index >= 15 is 0 Å². The summed E-state index contributed by atoms with van der Waals surface area (Å²) in [6.07, 6.45) is 12.3. The number of unbranched alkanes of at least 4 members (excludes halogenated alkanes) is 1. The van der Waals surface area contributed by atoms with E-state index in [4.69, 9.17) is 0 Å². The van der Waals surface area contributed by atoms with Crippen LogP contribution in [-0.2, 0) is 16.1 Å². The van der Waals surface area contributed by atoms with Gasteiger partial charge in [0.1, 0.15) is 11.6 Å². The Labute approximate surface area is 221 Å². The van der Waals surface area contributed by atoms with E-state index in [0.29, 0.717) is 25.3 Å². The lowest BCUT2D eigenvalue weighted by molar-refractivity contribution is -0.162. The van der Waals surface area contributed by atoms with Gasteiger partial charge in [-0.2, -0.15) is 0 Å². The second kappa shape index (κ2) is 11.8. The fraction of sp³-hybridized carbons (Fsp3) is 0.581. The molecule has 0 bridgehead atoms. The number of carbonyl (C=O) groups excluding carboxylic acids is 2. The smallest absolute Gasteiger partial charge is 0.246 e. The molecule has 2 aromatic rings. The fourth-order valence-electron chi connectivity index (χ4n) is 6.57. The lowest BCUT2D eigenvalue weighted by Crippen LogP contribution is -2.73. The SMILES string of the molecule is CCCCN1C(=O)C(CC2CCCCC2)NC(=O)C12CCN(Cc1ccc(-c3ccccc3)nc1)CC2. The van der Waals surface area contributed by atoms with Gasteiger partial charge in [-0.1, -0.05) is 81.8 Å². The Kier molecular flexibility index (Phi) is 8.23. The second-order valence-corrected chi connectivity index (χ2v) is 11.3. The number of likely N-dealkylation sites (tertiary alicyclic amines) is 1. The van der Waals surface area contributed by atoms with E-state index in [0.717, 1.165) is 50.2 Å². The van der Waals surface area contributed by atoms with Crippen molar-refractivity contribution >= 4 is 11.8 Å². The lowest BCUT2D eigenvalue weighted by atomic mass is 9.79. The monoisotopic (exact) mass is 502 g/mol. The minimum atomic E-state index is -0.693. The van der Waals surface area contributed by atoms with Crippen molar-refractivity contribution in [3.05, 3.63) is 54.2 Å². The van der Waals surface area contributed by atoms with E-state index in [-0.39, 0.29) is 17.9 Å². The highest BCUT2D eigenvalue weighted by atomic mass is 16.2. The Hall–Kier alpha value is -2.73. The number of rotatable bonds is 8. The van der Waals surface area contributed by atoms with Gasteiger partial charge in [0, 0.05) is 37.9 Å². The zero-order valence-electron chi connectivity index (χ0n) is 22.3. The number of amides is 2. The summed E-state index contributed by atoms with van der Waals surface area (Å²) in [4.78, 5) is 36.5. The average molecular weight is 503 g/mol. The maximum absolute atomic E-state index is 13.7. The molecule has 37 heavy (non-hydrogen) atoms. The molecule has 1 N–H and O–H groups in total. The summed E-state index contributed by atoms with van der Waals surface area (Å²) >= 11 is 0.